The monoisotopic (exact) mass is 438 g/mol. The fraction of sp³-hybridized carbons (Fsp3) is 0.312. The fourth-order valence-corrected chi connectivity index (χ4v) is 1.23. The molecule has 23 heavy (non-hydrogen) atoms. The minimum Gasteiger partial charge on any atom is -1.00 e. The molecule has 0 saturated heterocycles. The molecular weight excluding hydrogens is 418 g/mol. The van der Waals surface area contributed by atoms with Crippen molar-refractivity contribution >= 4 is 3.71 Å². The van der Waals surface area contributed by atoms with Gasteiger partial charge < -0.3 is 44.5 Å². The molecule has 2 rings (SSSR count). The fourth-order valence-electron chi connectivity index (χ4n) is 1.23. The molecule has 2 N–H and O–H groups in total. The Bertz CT molecular complexity index is 381. The van der Waals surface area contributed by atoms with Crippen molar-refractivity contribution in [1.82, 2.24) is 0 Å². The topological polar surface area (TPSA) is 58.9 Å². The van der Waals surface area contributed by atoms with Gasteiger partial charge >= 0.3 is 34.9 Å². The zero-order valence-corrected chi connectivity index (χ0v) is 17.0. The van der Waals surface area contributed by atoms with E-state index >= 15 is 0 Å². The molecule has 0 amide bonds. The van der Waals surface area contributed by atoms with E-state index in [9.17, 15) is 0 Å². The molecule has 2 aromatic carbocycles. The molecule has 0 unspecified atom stereocenters. The van der Waals surface area contributed by atoms with Crippen LogP contribution in [0.4, 0.5) is 0 Å². The van der Waals surface area contributed by atoms with Gasteiger partial charge in [0.05, 0.1) is 13.2 Å². The maximum absolute atomic E-state index is 8.34. The molecule has 0 atom stereocenters. The Morgan fingerprint density at radius 3 is 1.52 bits per heavy atom. The third-order valence-corrected chi connectivity index (χ3v) is 1.98. The Balaban J connectivity index is -0.000000277. The number of hydrogen-bond donors (Lipinski definition) is 2. The van der Waals surface area contributed by atoms with E-state index in [1.165, 1.54) is 24.2 Å². The molecule has 0 saturated carbocycles. The van der Waals surface area contributed by atoms with Gasteiger partial charge in [0.15, 0.2) is 0 Å². The van der Waals surface area contributed by atoms with Crippen LogP contribution in [0.3, 0.4) is 0 Å². The van der Waals surface area contributed by atoms with Crippen LogP contribution >= 0.6 is 0 Å². The average molecular weight is 440 g/mol. The first-order valence-electron chi connectivity index (χ1n) is 6.64. The van der Waals surface area contributed by atoms with Crippen molar-refractivity contribution in [2.45, 2.75) is 6.92 Å². The van der Waals surface area contributed by atoms with Crippen molar-refractivity contribution in [3.05, 3.63) is 48.5 Å². The van der Waals surface area contributed by atoms with Gasteiger partial charge in [-0.1, -0.05) is 0 Å². The van der Waals surface area contributed by atoms with Gasteiger partial charge in [0.1, 0.15) is 13.2 Å². The van der Waals surface area contributed by atoms with Gasteiger partial charge in [0.25, 0.3) is 0 Å². The average Bonchev–Trinajstić information content (AvgIpc) is 3.18. The van der Waals surface area contributed by atoms with Crippen LogP contribution in [0.1, 0.15) is 6.92 Å². The second-order valence-corrected chi connectivity index (χ2v) is 5.09. The van der Waals surface area contributed by atoms with E-state index < -0.39 is 0 Å². The van der Waals surface area contributed by atoms with Crippen LogP contribution in [-0.2, 0) is 24.2 Å². The van der Waals surface area contributed by atoms with Crippen molar-refractivity contribution in [3.8, 4) is 11.5 Å². The molecular formula is C16H22Cl2O4Zr-2. The summed E-state index contributed by atoms with van der Waals surface area (Å²) in [6.45, 7) is 2.95. The van der Waals surface area contributed by atoms with E-state index in [1.54, 1.807) is 0 Å². The van der Waals surface area contributed by atoms with Gasteiger partial charge in [-0.2, -0.15) is 24.3 Å². The first-order chi connectivity index (χ1) is 10.3. The van der Waals surface area contributed by atoms with Crippen LogP contribution in [0.5, 0.6) is 11.5 Å². The third-order valence-electron chi connectivity index (χ3n) is 1.98. The smallest absolute Gasteiger partial charge is 0.108 e. The normalized spacial score (nSPS) is 8.04. The van der Waals surface area contributed by atoms with Gasteiger partial charge in [-0.25, -0.2) is 12.1 Å². The molecule has 0 bridgehead atoms. The first-order valence-corrected chi connectivity index (χ1v) is 8.06. The molecule has 0 heterocycles. The minimum absolute atomic E-state index is 0. The molecule has 0 radical (unpaired) electrons. The van der Waals surface area contributed by atoms with Gasteiger partial charge in [-0.05, 0) is 0 Å². The molecule has 130 valence electrons. The Labute approximate surface area is 165 Å². The zero-order chi connectivity index (χ0) is 15.8. The minimum atomic E-state index is 0. The van der Waals surface area contributed by atoms with Gasteiger partial charge in [-0.3, -0.25) is 0 Å². The standard InChI is InChI=1S/2C7H9O2.C2H4.2ClH.Zr/c2*8-5-6-9-7-3-1-2-4-7;1-2;;;/h2*1-4,8H,5-6H2;1H,2H3;2*1H;/q2*-1;;;;+2/p-2. The third kappa shape index (κ3) is 17.7. The van der Waals surface area contributed by atoms with Crippen molar-refractivity contribution in [3.63, 3.8) is 0 Å². The zero-order valence-electron chi connectivity index (χ0n) is 13.0. The van der Waals surface area contributed by atoms with E-state index in [0.717, 1.165) is 11.5 Å². The van der Waals surface area contributed by atoms with E-state index in [1.807, 2.05) is 55.5 Å². The Kier molecular flexibility index (Phi) is 25.7. The molecule has 7 heteroatoms. The largest absolute Gasteiger partial charge is 1.00 e. The number of ether oxygens (including phenoxy) is 2. The van der Waals surface area contributed by atoms with Crippen LogP contribution < -0.4 is 34.3 Å². The van der Waals surface area contributed by atoms with Crippen LogP contribution in [0.15, 0.2) is 48.5 Å². The van der Waals surface area contributed by atoms with Crippen molar-refractivity contribution in [2.24, 2.45) is 0 Å². The molecule has 0 aliphatic carbocycles. The summed E-state index contributed by atoms with van der Waals surface area (Å²) in [5.74, 6) is 1.65. The number of rotatable bonds is 6. The van der Waals surface area contributed by atoms with Crippen LogP contribution in [0.25, 0.3) is 0 Å². The van der Waals surface area contributed by atoms with Crippen molar-refractivity contribution in [2.75, 3.05) is 26.4 Å². The summed E-state index contributed by atoms with van der Waals surface area (Å²) < 4.78 is 12.2. The van der Waals surface area contributed by atoms with Crippen molar-refractivity contribution in [1.29, 1.82) is 0 Å². The van der Waals surface area contributed by atoms with Gasteiger partial charge in [-0.15, -0.1) is 12.1 Å². The first kappa shape index (κ1) is 27.4. The number of aliphatic hydroxyl groups excluding tert-OH is 2. The summed E-state index contributed by atoms with van der Waals surface area (Å²) in [4.78, 5) is 0. The van der Waals surface area contributed by atoms with E-state index in [2.05, 4.69) is 3.71 Å². The number of hydrogen-bond acceptors (Lipinski definition) is 4. The molecule has 0 fully saturated rings. The summed E-state index contributed by atoms with van der Waals surface area (Å²) in [6, 6.07) is 15.0. The van der Waals surface area contributed by atoms with Crippen LogP contribution in [0.2, 0.25) is 0 Å². The predicted molar refractivity (Wildman–Crippen MR) is 81.0 cm³/mol. The van der Waals surface area contributed by atoms with E-state index in [0.29, 0.717) is 13.2 Å². The number of aliphatic hydroxyl groups is 2. The van der Waals surface area contributed by atoms with Crippen molar-refractivity contribution < 1.29 is 68.7 Å². The molecule has 0 aromatic heterocycles. The Morgan fingerprint density at radius 1 is 0.957 bits per heavy atom. The van der Waals surface area contributed by atoms with Gasteiger partial charge in [0.2, 0.25) is 0 Å². The predicted octanol–water partition coefficient (Wildman–Crippen LogP) is -4.08. The maximum Gasteiger partial charge on any atom is 0.108 e. The summed E-state index contributed by atoms with van der Waals surface area (Å²) in [5, 5.41) is 16.7. The summed E-state index contributed by atoms with van der Waals surface area (Å²) in [7, 11) is 0. The van der Waals surface area contributed by atoms with Crippen LogP contribution in [0, 0.1) is 0 Å². The quantitative estimate of drug-likeness (QED) is 0.449. The SMILES string of the molecule is C[CH]=[Zr+2].OCCOc1ccc[cH-]1.OCCOc1ccc[cH-]1.[Cl-].[Cl-]. The molecule has 4 nitrogen and oxygen atoms in total. The molecule has 2 aromatic rings. The molecule has 0 spiro atoms. The summed E-state index contributed by atoms with van der Waals surface area (Å²) in [6.07, 6.45) is 0. The molecule has 0 aliphatic rings. The van der Waals surface area contributed by atoms with Gasteiger partial charge in [0, 0.05) is 11.5 Å². The second-order valence-electron chi connectivity index (χ2n) is 3.67. The molecule has 0 aliphatic heterocycles. The maximum atomic E-state index is 8.34. The number of halogens is 2. The van der Waals surface area contributed by atoms with E-state index in [4.69, 9.17) is 19.7 Å². The summed E-state index contributed by atoms with van der Waals surface area (Å²) >= 11 is 1.51. The van der Waals surface area contributed by atoms with E-state index in [-0.39, 0.29) is 38.0 Å². The second kappa shape index (κ2) is 21.6. The Hall–Kier alpha value is -0.447. The van der Waals surface area contributed by atoms with Crippen LogP contribution in [-0.4, -0.2) is 40.3 Å². The summed E-state index contributed by atoms with van der Waals surface area (Å²) in [5.41, 5.74) is 0. The Morgan fingerprint density at radius 2 is 1.30 bits per heavy atom.